The second-order valence-electron chi connectivity index (χ2n) is 15.5. The van der Waals surface area contributed by atoms with Crippen LogP contribution >= 0.6 is 0 Å². The third kappa shape index (κ3) is 45.1. The largest absolute Gasteiger partial charge is 0.466 e. The first-order valence-electron chi connectivity index (χ1n) is 22.7. The van der Waals surface area contributed by atoms with Gasteiger partial charge in [-0.25, -0.2) is 0 Å². The number of unbranched alkanes of at least 4 members (excludes halogenated alkanes) is 36. The van der Waals surface area contributed by atoms with Crippen LogP contribution in [0.15, 0.2) is 12.2 Å². The monoisotopic (exact) mass is 691 g/mol. The fourth-order valence-corrected chi connectivity index (χ4v) is 7.05. The number of esters is 1. The summed E-state index contributed by atoms with van der Waals surface area (Å²) in [6.45, 7) is 3.27. The van der Waals surface area contributed by atoms with Crippen LogP contribution in [0.3, 0.4) is 0 Å². The molecule has 49 heavy (non-hydrogen) atoms. The lowest BCUT2D eigenvalue weighted by atomic mass is 10.0. The van der Waals surface area contributed by atoms with E-state index in [4.69, 9.17) is 9.84 Å². The average Bonchev–Trinajstić information content (AvgIpc) is 3.11. The van der Waals surface area contributed by atoms with Crippen molar-refractivity contribution in [3.63, 3.8) is 0 Å². The van der Waals surface area contributed by atoms with Crippen LogP contribution in [0.25, 0.3) is 0 Å². The summed E-state index contributed by atoms with van der Waals surface area (Å²) in [5, 5.41) is 8.80. The number of carbonyl (C=O) groups is 1. The maximum Gasteiger partial charge on any atom is 0.305 e. The Labute approximate surface area is 309 Å². The average molecular weight is 691 g/mol. The first kappa shape index (κ1) is 48.2. The van der Waals surface area contributed by atoms with Gasteiger partial charge in [0.25, 0.3) is 0 Å². The van der Waals surface area contributed by atoms with Crippen molar-refractivity contribution >= 4 is 5.97 Å². The number of rotatable bonds is 43. The standard InChI is InChI=1S/C46H90O3/c1-2-3-4-5-6-7-8-9-10-19-22-25-28-31-34-37-40-43-46(48)49-45-42-39-36-33-30-27-24-21-18-16-14-12-11-13-15-17-20-23-26-29-32-35-38-41-44-47/h7-8,47H,2-6,9-45H2,1H3. The van der Waals surface area contributed by atoms with E-state index >= 15 is 0 Å². The third-order valence-electron chi connectivity index (χ3n) is 10.5. The first-order valence-corrected chi connectivity index (χ1v) is 22.7. The van der Waals surface area contributed by atoms with Crippen LogP contribution in [0.4, 0.5) is 0 Å². The number of ether oxygens (including phenoxy) is 1. The Morgan fingerprint density at radius 2 is 0.673 bits per heavy atom. The highest BCUT2D eigenvalue weighted by Crippen LogP contribution is 2.16. The van der Waals surface area contributed by atoms with Crippen LogP contribution in [-0.4, -0.2) is 24.3 Å². The lowest BCUT2D eigenvalue weighted by Gasteiger charge is -2.06. The van der Waals surface area contributed by atoms with Crippen LogP contribution in [0, 0.1) is 0 Å². The molecule has 3 nitrogen and oxygen atoms in total. The van der Waals surface area contributed by atoms with Crippen molar-refractivity contribution in [2.45, 2.75) is 264 Å². The molecule has 0 radical (unpaired) electrons. The third-order valence-corrected chi connectivity index (χ3v) is 10.5. The van der Waals surface area contributed by atoms with Gasteiger partial charge in [0, 0.05) is 13.0 Å². The molecule has 0 spiro atoms. The number of carbonyl (C=O) groups excluding carboxylic acids is 1. The summed E-state index contributed by atoms with van der Waals surface area (Å²) in [6.07, 6.45) is 57.6. The summed E-state index contributed by atoms with van der Waals surface area (Å²) in [7, 11) is 0. The van der Waals surface area contributed by atoms with Crippen LogP contribution in [-0.2, 0) is 9.53 Å². The van der Waals surface area contributed by atoms with Crippen molar-refractivity contribution in [2.75, 3.05) is 13.2 Å². The summed E-state index contributed by atoms with van der Waals surface area (Å²) >= 11 is 0. The summed E-state index contributed by atoms with van der Waals surface area (Å²) in [6, 6.07) is 0. The van der Waals surface area contributed by atoms with Crippen LogP contribution in [0.5, 0.6) is 0 Å². The molecule has 0 heterocycles. The Hall–Kier alpha value is -0.830. The quantitative estimate of drug-likeness (QED) is 0.0393. The van der Waals surface area contributed by atoms with Crippen molar-refractivity contribution in [3.8, 4) is 0 Å². The molecule has 1 N–H and O–H groups in total. The molecule has 0 saturated heterocycles. The lowest BCUT2D eigenvalue weighted by Crippen LogP contribution is -2.05. The van der Waals surface area contributed by atoms with Crippen molar-refractivity contribution < 1.29 is 14.6 Å². The Bertz CT molecular complexity index is 630. The van der Waals surface area contributed by atoms with E-state index in [-0.39, 0.29) is 5.97 Å². The number of hydrogen-bond acceptors (Lipinski definition) is 3. The van der Waals surface area contributed by atoms with Gasteiger partial charge in [-0.05, 0) is 44.9 Å². The molecule has 0 aliphatic carbocycles. The maximum absolute atomic E-state index is 12.0. The number of allylic oxidation sites excluding steroid dienone is 2. The van der Waals surface area contributed by atoms with Gasteiger partial charge in [0.15, 0.2) is 0 Å². The van der Waals surface area contributed by atoms with Gasteiger partial charge in [-0.2, -0.15) is 0 Å². The zero-order chi connectivity index (χ0) is 35.4. The van der Waals surface area contributed by atoms with Crippen LogP contribution in [0.2, 0.25) is 0 Å². The first-order chi connectivity index (χ1) is 24.3. The van der Waals surface area contributed by atoms with Crippen LogP contribution < -0.4 is 0 Å². The maximum atomic E-state index is 12.0. The van der Waals surface area contributed by atoms with Gasteiger partial charge in [-0.1, -0.05) is 225 Å². The van der Waals surface area contributed by atoms with Gasteiger partial charge in [0.2, 0.25) is 0 Å². The van der Waals surface area contributed by atoms with Gasteiger partial charge < -0.3 is 9.84 Å². The van der Waals surface area contributed by atoms with Gasteiger partial charge >= 0.3 is 5.97 Å². The number of hydrogen-bond donors (Lipinski definition) is 1. The number of aliphatic hydroxyl groups excluding tert-OH is 1. The van der Waals surface area contributed by atoms with E-state index in [1.165, 1.54) is 231 Å². The molecule has 0 amide bonds. The molecule has 0 aromatic rings. The molecule has 0 rings (SSSR count). The minimum atomic E-state index is 0.0224. The highest BCUT2D eigenvalue weighted by Gasteiger charge is 2.03. The Kier molecular flexibility index (Phi) is 44.4. The lowest BCUT2D eigenvalue weighted by molar-refractivity contribution is -0.143. The fourth-order valence-electron chi connectivity index (χ4n) is 7.05. The molecule has 0 atom stereocenters. The fraction of sp³-hybridized carbons (Fsp3) is 0.935. The van der Waals surface area contributed by atoms with Crippen molar-refractivity contribution in [1.29, 1.82) is 0 Å². The minimum Gasteiger partial charge on any atom is -0.466 e. The second-order valence-corrected chi connectivity index (χ2v) is 15.5. The van der Waals surface area contributed by atoms with E-state index in [9.17, 15) is 4.79 Å². The van der Waals surface area contributed by atoms with Crippen molar-refractivity contribution in [3.05, 3.63) is 12.2 Å². The number of aliphatic hydroxyl groups is 1. The van der Waals surface area contributed by atoms with E-state index in [1.807, 2.05) is 0 Å². The molecule has 0 fully saturated rings. The summed E-state index contributed by atoms with van der Waals surface area (Å²) in [5.74, 6) is 0.0224. The highest BCUT2D eigenvalue weighted by molar-refractivity contribution is 5.69. The SMILES string of the molecule is CCCCCCC=CCCCCCCCCCCCC(=O)OCCCCCCCCCCCCCCCCCCCCCCCCCCO. The molecule has 0 aliphatic rings. The Morgan fingerprint density at radius 3 is 1.02 bits per heavy atom. The smallest absolute Gasteiger partial charge is 0.305 e. The van der Waals surface area contributed by atoms with Crippen molar-refractivity contribution in [1.82, 2.24) is 0 Å². The van der Waals surface area contributed by atoms with Crippen LogP contribution in [0.1, 0.15) is 264 Å². The molecular weight excluding hydrogens is 601 g/mol. The minimum absolute atomic E-state index is 0.0224. The van der Waals surface area contributed by atoms with Gasteiger partial charge in [0.05, 0.1) is 6.61 Å². The zero-order valence-electron chi connectivity index (χ0n) is 33.6. The molecule has 0 saturated carbocycles. The Balaban J connectivity index is 3.16. The zero-order valence-corrected chi connectivity index (χ0v) is 33.6. The predicted molar refractivity (Wildman–Crippen MR) is 218 cm³/mol. The molecule has 0 unspecified atom stereocenters. The van der Waals surface area contributed by atoms with Crippen molar-refractivity contribution in [2.24, 2.45) is 0 Å². The normalized spacial score (nSPS) is 11.6. The molecule has 292 valence electrons. The van der Waals surface area contributed by atoms with E-state index < -0.39 is 0 Å². The molecule has 3 heteroatoms. The topological polar surface area (TPSA) is 46.5 Å². The molecule has 0 bridgehead atoms. The predicted octanol–water partition coefficient (Wildman–Crippen LogP) is 15.7. The van der Waals surface area contributed by atoms with E-state index in [0.717, 1.165) is 19.3 Å². The van der Waals surface area contributed by atoms with Gasteiger partial charge in [-0.15, -0.1) is 0 Å². The molecule has 0 aromatic heterocycles. The van der Waals surface area contributed by atoms with Gasteiger partial charge in [-0.3, -0.25) is 4.79 Å². The summed E-state index contributed by atoms with van der Waals surface area (Å²) in [5.41, 5.74) is 0. The summed E-state index contributed by atoms with van der Waals surface area (Å²) < 4.78 is 5.47. The Morgan fingerprint density at radius 1 is 0.388 bits per heavy atom. The second kappa shape index (κ2) is 45.2. The van der Waals surface area contributed by atoms with E-state index in [2.05, 4.69) is 19.1 Å². The summed E-state index contributed by atoms with van der Waals surface area (Å²) in [4.78, 5) is 12.0. The van der Waals surface area contributed by atoms with Gasteiger partial charge in [0.1, 0.15) is 0 Å². The molecule has 0 aliphatic heterocycles. The van der Waals surface area contributed by atoms with E-state index in [0.29, 0.717) is 19.6 Å². The molecular formula is C46H90O3. The van der Waals surface area contributed by atoms with E-state index in [1.54, 1.807) is 0 Å². The molecule has 0 aromatic carbocycles. The highest BCUT2D eigenvalue weighted by atomic mass is 16.5.